The summed E-state index contributed by atoms with van der Waals surface area (Å²) in [4.78, 5) is 42.2. The lowest BCUT2D eigenvalue weighted by Crippen LogP contribution is -2.67. The maximum atomic E-state index is 13.6. The van der Waals surface area contributed by atoms with Crippen LogP contribution in [0.4, 0.5) is 19.0 Å². The van der Waals surface area contributed by atoms with Gasteiger partial charge in [-0.2, -0.15) is 18.2 Å². The molecule has 3 atom stereocenters. The normalized spacial score (nSPS) is 17.8. The molecule has 1 aliphatic rings. The van der Waals surface area contributed by atoms with Crippen molar-refractivity contribution in [2.24, 2.45) is 0 Å². The van der Waals surface area contributed by atoms with Gasteiger partial charge in [-0.05, 0) is 40.2 Å². The summed E-state index contributed by atoms with van der Waals surface area (Å²) < 4.78 is 59.5. The smallest absolute Gasteiger partial charge is 0.405 e. The molecule has 1 saturated heterocycles. The second kappa shape index (κ2) is 17.7. The van der Waals surface area contributed by atoms with Crippen molar-refractivity contribution in [2.45, 2.75) is 63.3 Å². The Morgan fingerprint density at radius 1 is 0.981 bits per heavy atom. The molecule has 54 heavy (non-hydrogen) atoms. The van der Waals surface area contributed by atoms with E-state index in [0.717, 1.165) is 16.6 Å². The van der Waals surface area contributed by atoms with E-state index in [9.17, 15) is 27.6 Å². The predicted molar refractivity (Wildman–Crippen MR) is 205 cm³/mol. The van der Waals surface area contributed by atoms with Gasteiger partial charge in [-0.3, -0.25) is 14.2 Å². The lowest BCUT2D eigenvalue weighted by molar-refractivity contribution is -0.172. The summed E-state index contributed by atoms with van der Waals surface area (Å²) in [5.74, 6) is -2.40. The minimum absolute atomic E-state index is 0.0864. The molecule has 10 nitrogen and oxygen atoms in total. The maximum absolute atomic E-state index is 13.6. The van der Waals surface area contributed by atoms with Crippen molar-refractivity contribution in [1.82, 2.24) is 14.9 Å². The second-order valence-corrected chi connectivity index (χ2v) is 18.8. The number of hydrogen-bond donors (Lipinski definition) is 2. The van der Waals surface area contributed by atoms with E-state index in [-0.39, 0.29) is 35.9 Å². The van der Waals surface area contributed by atoms with E-state index in [4.69, 9.17) is 13.9 Å². The molecular weight excluding hydrogens is 738 g/mol. The van der Waals surface area contributed by atoms with Gasteiger partial charge in [0.25, 0.3) is 14.2 Å². The molecule has 3 aromatic carbocycles. The van der Waals surface area contributed by atoms with Crippen molar-refractivity contribution in [3.05, 3.63) is 131 Å². The van der Waals surface area contributed by atoms with Gasteiger partial charge in [-0.15, -0.1) is 11.8 Å². The number of alkyl halides is 3. The Bertz CT molecular complexity index is 1920. The van der Waals surface area contributed by atoms with Crippen LogP contribution in [0.2, 0.25) is 5.04 Å². The number of allylic oxidation sites excluding steroid dienone is 1. The average molecular weight is 781 g/mol. The van der Waals surface area contributed by atoms with Crippen LogP contribution in [0.3, 0.4) is 0 Å². The molecule has 0 saturated carbocycles. The summed E-state index contributed by atoms with van der Waals surface area (Å²) >= 11 is 1.50. The average Bonchev–Trinajstić information content (AvgIpc) is 3.56. The summed E-state index contributed by atoms with van der Waals surface area (Å²) in [7, 11) is -2.96. The Balaban J connectivity index is 1.46. The summed E-state index contributed by atoms with van der Waals surface area (Å²) in [6.07, 6.45) is -1.34. The number of hydrogen-bond acceptors (Lipinski definition) is 8. The SMILES string of the molecule is CSCO[C@H]1C[C@H](n2cc(CC=CNC(=O)C(F)(F)F)c(NC(=O)c3ccccc3)nc2=O)O[C@@H]1CO[Si](c1ccccc1)(c1ccccc1)C(C)(C)C. The Kier molecular flexibility index (Phi) is 13.3. The third-order valence-corrected chi connectivity index (χ3v) is 14.4. The number of amides is 2. The van der Waals surface area contributed by atoms with E-state index >= 15 is 0 Å². The van der Waals surface area contributed by atoms with Crippen molar-refractivity contribution >= 4 is 48.1 Å². The van der Waals surface area contributed by atoms with Crippen LogP contribution in [0.5, 0.6) is 0 Å². The molecule has 0 unspecified atom stereocenters. The number of aromatic nitrogens is 2. The molecule has 0 bridgehead atoms. The highest BCUT2D eigenvalue weighted by Gasteiger charge is 2.51. The standard InChI is InChI=1S/C39H43F3N4O6SSi/c1-38(2,3)54(29-18-10-6-11-19-29,30-20-12-7-13-21-30)51-25-32-31(50-26-53-4)23-33(52-32)46-24-28(17-14-22-43-36(48)39(40,41)42)34(45-37(46)49)44-35(47)27-15-8-5-9-16-27/h5-16,18-22,24,31-33H,17,23,25-26H2,1-4H3,(H,43,48)(H,44,45,47,49)/t31-,32+,33+/m0/s1. The molecule has 1 aromatic heterocycles. The fraction of sp³-hybridized carbons (Fsp3) is 0.333. The lowest BCUT2D eigenvalue weighted by atomic mass is 10.1. The zero-order valence-corrected chi connectivity index (χ0v) is 32.2. The van der Waals surface area contributed by atoms with Crippen LogP contribution in [0.25, 0.3) is 0 Å². The van der Waals surface area contributed by atoms with Crippen LogP contribution in [0.1, 0.15) is 49.3 Å². The quantitative estimate of drug-likeness (QED) is 0.122. The number of rotatable bonds is 14. The number of benzene rings is 3. The molecule has 2 amide bonds. The van der Waals surface area contributed by atoms with E-state index in [1.807, 2.05) is 42.7 Å². The van der Waals surface area contributed by atoms with E-state index in [2.05, 4.69) is 55.3 Å². The molecule has 286 valence electrons. The zero-order valence-electron chi connectivity index (χ0n) is 30.3. The summed E-state index contributed by atoms with van der Waals surface area (Å²) in [5, 5.41) is 6.21. The maximum Gasteiger partial charge on any atom is 0.471 e. The molecule has 1 fully saturated rings. The van der Waals surface area contributed by atoms with E-state index in [0.29, 0.717) is 11.5 Å². The summed E-state index contributed by atoms with van der Waals surface area (Å²) in [6, 6.07) is 28.6. The van der Waals surface area contributed by atoms with E-state index in [1.165, 1.54) is 28.6 Å². The Morgan fingerprint density at radius 3 is 2.13 bits per heavy atom. The molecule has 0 aliphatic carbocycles. The Labute approximate surface area is 317 Å². The first-order valence-corrected chi connectivity index (χ1v) is 20.6. The number of carbonyl (C=O) groups is 2. The van der Waals surface area contributed by atoms with Crippen LogP contribution in [0, 0.1) is 0 Å². The van der Waals surface area contributed by atoms with Crippen LogP contribution in [0.15, 0.2) is 114 Å². The highest BCUT2D eigenvalue weighted by atomic mass is 32.2. The molecular formula is C39H43F3N4O6SSi. The molecule has 0 spiro atoms. The molecule has 4 aromatic rings. The van der Waals surface area contributed by atoms with Crippen LogP contribution in [-0.4, -0.2) is 66.9 Å². The van der Waals surface area contributed by atoms with Crippen molar-refractivity contribution in [1.29, 1.82) is 0 Å². The first-order chi connectivity index (χ1) is 25.7. The van der Waals surface area contributed by atoms with Crippen molar-refractivity contribution in [3.63, 3.8) is 0 Å². The summed E-state index contributed by atoms with van der Waals surface area (Å²) in [6.45, 7) is 6.68. The molecule has 5 rings (SSSR count). The molecule has 1 aliphatic heterocycles. The van der Waals surface area contributed by atoms with Crippen molar-refractivity contribution < 1.29 is 36.7 Å². The first-order valence-electron chi connectivity index (χ1n) is 17.3. The lowest BCUT2D eigenvalue weighted by Gasteiger charge is -2.43. The predicted octanol–water partition coefficient (Wildman–Crippen LogP) is 5.80. The van der Waals surface area contributed by atoms with E-state index < -0.39 is 50.4 Å². The van der Waals surface area contributed by atoms with Gasteiger partial charge in [-0.1, -0.05) is 106 Å². The second-order valence-electron chi connectivity index (χ2n) is 13.7. The highest BCUT2D eigenvalue weighted by Crippen LogP contribution is 2.38. The van der Waals surface area contributed by atoms with Gasteiger partial charge in [0.2, 0.25) is 0 Å². The first kappa shape index (κ1) is 40.6. The fourth-order valence-corrected chi connectivity index (χ4v) is 11.3. The number of anilines is 1. The molecule has 2 heterocycles. The van der Waals surface area contributed by atoms with Gasteiger partial charge in [-0.25, -0.2) is 4.79 Å². The molecule has 0 radical (unpaired) electrons. The number of nitrogens with one attached hydrogen (secondary N) is 2. The Hall–Kier alpha value is -4.54. The van der Waals surface area contributed by atoms with Gasteiger partial charge < -0.3 is 24.5 Å². The Morgan fingerprint density at radius 2 is 1.57 bits per heavy atom. The summed E-state index contributed by atoms with van der Waals surface area (Å²) in [5.41, 5.74) is -0.133. The number of thioether (sulfide) groups is 1. The minimum Gasteiger partial charge on any atom is -0.405 e. The zero-order chi connectivity index (χ0) is 38.9. The van der Waals surface area contributed by atoms with Crippen molar-refractivity contribution in [2.75, 3.05) is 24.1 Å². The molecule has 15 heteroatoms. The number of halogens is 3. The largest absolute Gasteiger partial charge is 0.471 e. The third-order valence-electron chi connectivity index (χ3n) is 8.99. The minimum atomic E-state index is -5.07. The molecule has 2 N–H and O–H groups in total. The number of carbonyl (C=O) groups excluding carboxylic acids is 2. The topological polar surface area (TPSA) is 121 Å². The number of ether oxygens (including phenoxy) is 2. The van der Waals surface area contributed by atoms with Gasteiger partial charge in [0, 0.05) is 29.9 Å². The van der Waals surface area contributed by atoms with E-state index in [1.54, 1.807) is 35.6 Å². The van der Waals surface area contributed by atoms with Crippen LogP contribution >= 0.6 is 11.8 Å². The highest BCUT2D eigenvalue weighted by molar-refractivity contribution is 7.98. The van der Waals surface area contributed by atoms with Crippen molar-refractivity contribution in [3.8, 4) is 0 Å². The third kappa shape index (κ3) is 9.57. The van der Waals surface area contributed by atoms with Gasteiger partial charge in [0.05, 0.1) is 18.6 Å². The van der Waals surface area contributed by atoms with Gasteiger partial charge in [0.15, 0.2) is 0 Å². The van der Waals surface area contributed by atoms with Crippen LogP contribution in [-0.2, 0) is 25.1 Å². The number of nitrogens with zero attached hydrogens (tertiary/aromatic N) is 2. The monoisotopic (exact) mass is 780 g/mol. The van der Waals surface area contributed by atoms with Gasteiger partial charge >= 0.3 is 17.8 Å². The van der Waals surface area contributed by atoms with Crippen LogP contribution < -0.4 is 26.7 Å². The van der Waals surface area contributed by atoms with Gasteiger partial charge in [0.1, 0.15) is 18.1 Å². The fourth-order valence-electron chi connectivity index (χ4n) is 6.47.